The summed E-state index contributed by atoms with van der Waals surface area (Å²) in [5.41, 5.74) is 8.27. The van der Waals surface area contributed by atoms with E-state index in [1.165, 1.54) is 0 Å². The van der Waals surface area contributed by atoms with Crippen molar-refractivity contribution in [1.29, 1.82) is 0 Å². The summed E-state index contributed by atoms with van der Waals surface area (Å²) in [6, 6.07) is 28.4. The molecule has 0 aliphatic carbocycles. The molecule has 0 aliphatic rings. The molecule has 3 aromatic carbocycles. The molecule has 3 aromatic rings. The van der Waals surface area contributed by atoms with Crippen LogP contribution in [0.3, 0.4) is 0 Å². The Balaban J connectivity index is 1.46. The van der Waals surface area contributed by atoms with Crippen molar-refractivity contribution in [3.05, 3.63) is 90.5 Å². The number of hydrogen-bond donors (Lipinski definition) is 3. The fourth-order valence-electron chi connectivity index (χ4n) is 3.70. The van der Waals surface area contributed by atoms with Gasteiger partial charge in [-0.15, -0.1) is 0 Å². The van der Waals surface area contributed by atoms with Gasteiger partial charge < -0.3 is 4.90 Å². The molecule has 7 heteroatoms. The number of benzene rings is 3. The number of para-hydroxylation sites is 2. The smallest absolute Gasteiger partial charge is 0.243 e. The van der Waals surface area contributed by atoms with Gasteiger partial charge in [-0.3, -0.25) is 14.8 Å². The molecule has 0 spiro atoms. The van der Waals surface area contributed by atoms with Crippen LogP contribution in [0.1, 0.15) is 50.5 Å². The Labute approximate surface area is 206 Å². The second kappa shape index (κ2) is 14.3. The van der Waals surface area contributed by atoms with Gasteiger partial charge in [0.1, 0.15) is 0 Å². The number of unbranched alkanes of at least 4 members (excludes halogenated alkanes) is 4. The number of anilines is 3. The zero-order chi connectivity index (χ0) is 24.7. The van der Waals surface area contributed by atoms with Crippen LogP contribution in [0.2, 0.25) is 0 Å². The second-order valence-electron chi connectivity index (χ2n) is 8.19. The molecule has 2 amide bonds. The maximum absolute atomic E-state index is 12.0. The molecule has 3 rings (SSSR count). The van der Waals surface area contributed by atoms with Crippen molar-refractivity contribution >= 4 is 35.1 Å². The van der Waals surface area contributed by atoms with E-state index in [0.29, 0.717) is 12.8 Å². The third kappa shape index (κ3) is 8.72. The zero-order valence-corrected chi connectivity index (χ0v) is 19.8. The summed E-state index contributed by atoms with van der Waals surface area (Å²) in [5.74, 6) is -0.474. The molecule has 3 N–H and O–H groups in total. The van der Waals surface area contributed by atoms with Crippen LogP contribution in [-0.4, -0.2) is 23.2 Å². The Morgan fingerprint density at radius 1 is 0.686 bits per heavy atom. The highest BCUT2D eigenvalue weighted by Gasteiger charge is 2.11. The lowest BCUT2D eigenvalue weighted by Crippen LogP contribution is -2.17. The van der Waals surface area contributed by atoms with E-state index in [1.807, 2.05) is 60.7 Å². The standard InChI is InChI=1S/C28H32N4O3/c33-27(16-10-2-1-3-11-17-28(34)31-35)30-29-22-23-18-20-26(21-19-23)32(24-12-6-4-7-13-24)25-14-8-5-9-15-25/h4-9,12-15,18-22,35H,1-3,10-11,16-17H2,(H,30,33)(H,31,34)/b29-22+. The molecule has 0 fully saturated rings. The second-order valence-corrected chi connectivity index (χ2v) is 8.19. The van der Waals surface area contributed by atoms with E-state index < -0.39 is 0 Å². The first-order valence-corrected chi connectivity index (χ1v) is 11.9. The molecular weight excluding hydrogens is 440 g/mol. The van der Waals surface area contributed by atoms with Crippen molar-refractivity contribution in [2.75, 3.05) is 4.90 Å². The first-order valence-electron chi connectivity index (χ1n) is 11.9. The first kappa shape index (κ1) is 25.6. The molecule has 0 bridgehead atoms. The van der Waals surface area contributed by atoms with E-state index in [2.05, 4.69) is 39.7 Å². The van der Waals surface area contributed by atoms with Gasteiger partial charge >= 0.3 is 0 Å². The van der Waals surface area contributed by atoms with Gasteiger partial charge in [0.05, 0.1) is 6.21 Å². The van der Waals surface area contributed by atoms with Crippen molar-refractivity contribution in [3.8, 4) is 0 Å². The Kier molecular flexibility index (Phi) is 10.5. The largest absolute Gasteiger partial charge is 0.311 e. The molecule has 0 saturated carbocycles. The molecule has 7 nitrogen and oxygen atoms in total. The number of amides is 2. The van der Waals surface area contributed by atoms with Gasteiger partial charge in [-0.2, -0.15) is 5.10 Å². The molecule has 0 unspecified atom stereocenters. The predicted octanol–water partition coefficient (Wildman–Crippen LogP) is 5.84. The zero-order valence-electron chi connectivity index (χ0n) is 19.8. The number of carbonyl (C=O) groups is 2. The average Bonchev–Trinajstić information content (AvgIpc) is 2.90. The van der Waals surface area contributed by atoms with Crippen LogP contribution in [0.4, 0.5) is 17.1 Å². The third-order valence-electron chi connectivity index (χ3n) is 5.52. The quantitative estimate of drug-likeness (QED) is 0.126. The third-order valence-corrected chi connectivity index (χ3v) is 5.52. The van der Waals surface area contributed by atoms with Crippen molar-refractivity contribution in [2.24, 2.45) is 5.10 Å². The minimum Gasteiger partial charge on any atom is -0.311 e. The minimum atomic E-state index is -0.360. The van der Waals surface area contributed by atoms with Crippen molar-refractivity contribution in [1.82, 2.24) is 10.9 Å². The fraction of sp³-hybridized carbons (Fsp3) is 0.250. The van der Waals surface area contributed by atoms with Crippen molar-refractivity contribution in [2.45, 2.75) is 44.9 Å². The summed E-state index contributed by atoms with van der Waals surface area (Å²) >= 11 is 0. The van der Waals surface area contributed by atoms with Crippen LogP contribution >= 0.6 is 0 Å². The van der Waals surface area contributed by atoms with E-state index in [0.717, 1.165) is 54.7 Å². The Morgan fingerprint density at radius 2 is 1.17 bits per heavy atom. The number of hydrogen-bond acceptors (Lipinski definition) is 5. The van der Waals surface area contributed by atoms with Crippen LogP contribution < -0.4 is 15.8 Å². The number of rotatable bonds is 13. The number of hydroxylamine groups is 1. The van der Waals surface area contributed by atoms with E-state index in [4.69, 9.17) is 5.21 Å². The molecule has 0 heterocycles. The summed E-state index contributed by atoms with van der Waals surface area (Å²) < 4.78 is 0. The molecule has 0 aliphatic heterocycles. The number of nitrogens with zero attached hydrogens (tertiary/aromatic N) is 2. The molecule has 0 saturated heterocycles. The van der Waals surface area contributed by atoms with E-state index in [9.17, 15) is 9.59 Å². The SMILES string of the molecule is O=C(CCCCCCCC(=O)N/N=C/c1ccc(N(c2ccccc2)c2ccccc2)cc1)NO. The van der Waals surface area contributed by atoms with Gasteiger partial charge in [-0.1, -0.05) is 67.8 Å². The van der Waals surface area contributed by atoms with Crippen LogP contribution in [0.5, 0.6) is 0 Å². The highest BCUT2D eigenvalue weighted by Crippen LogP contribution is 2.33. The monoisotopic (exact) mass is 472 g/mol. The maximum Gasteiger partial charge on any atom is 0.243 e. The topological polar surface area (TPSA) is 94.0 Å². The van der Waals surface area contributed by atoms with Gasteiger partial charge in [-0.05, 0) is 54.8 Å². The molecular formula is C28H32N4O3. The summed E-state index contributed by atoms with van der Waals surface area (Å²) in [6.07, 6.45) is 6.65. The lowest BCUT2D eigenvalue weighted by Gasteiger charge is -2.25. The molecule has 0 radical (unpaired) electrons. The van der Waals surface area contributed by atoms with Crippen LogP contribution in [0.15, 0.2) is 90.0 Å². The average molecular weight is 473 g/mol. The van der Waals surface area contributed by atoms with Gasteiger partial charge in [0.25, 0.3) is 0 Å². The Hall–Kier alpha value is -3.97. The molecule has 35 heavy (non-hydrogen) atoms. The Bertz CT molecular complexity index is 1030. The van der Waals surface area contributed by atoms with Crippen LogP contribution in [0, 0.1) is 0 Å². The van der Waals surface area contributed by atoms with E-state index in [-0.39, 0.29) is 11.8 Å². The molecule has 0 aromatic heterocycles. The highest BCUT2D eigenvalue weighted by molar-refractivity contribution is 5.84. The summed E-state index contributed by atoms with van der Waals surface area (Å²) in [5, 5.41) is 12.5. The Morgan fingerprint density at radius 3 is 1.71 bits per heavy atom. The number of hydrazone groups is 1. The van der Waals surface area contributed by atoms with Gasteiger partial charge in [-0.25, -0.2) is 10.9 Å². The summed E-state index contributed by atoms with van der Waals surface area (Å²) in [6.45, 7) is 0. The van der Waals surface area contributed by atoms with Crippen LogP contribution in [0.25, 0.3) is 0 Å². The number of nitrogens with one attached hydrogen (secondary N) is 2. The summed E-state index contributed by atoms with van der Waals surface area (Å²) in [7, 11) is 0. The van der Waals surface area contributed by atoms with Gasteiger partial charge in [0.15, 0.2) is 0 Å². The van der Waals surface area contributed by atoms with Crippen LogP contribution in [-0.2, 0) is 9.59 Å². The lowest BCUT2D eigenvalue weighted by molar-refractivity contribution is -0.129. The normalized spacial score (nSPS) is 10.8. The van der Waals surface area contributed by atoms with E-state index in [1.54, 1.807) is 11.7 Å². The fourth-order valence-corrected chi connectivity index (χ4v) is 3.70. The predicted molar refractivity (Wildman–Crippen MR) is 139 cm³/mol. The highest BCUT2D eigenvalue weighted by atomic mass is 16.5. The van der Waals surface area contributed by atoms with E-state index >= 15 is 0 Å². The van der Waals surface area contributed by atoms with Crippen molar-refractivity contribution < 1.29 is 14.8 Å². The summed E-state index contributed by atoms with van der Waals surface area (Å²) in [4.78, 5) is 25.1. The molecule has 182 valence electrons. The van der Waals surface area contributed by atoms with Crippen molar-refractivity contribution in [3.63, 3.8) is 0 Å². The minimum absolute atomic E-state index is 0.114. The number of carbonyl (C=O) groups excluding carboxylic acids is 2. The first-order chi connectivity index (χ1) is 17.2. The van der Waals surface area contributed by atoms with Gasteiger partial charge in [0.2, 0.25) is 11.8 Å². The molecule has 0 atom stereocenters. The maximum atomic E-state index is 12.0. The lowest BCUT2D eigenvalue weighted by atomic mass is 10.1. The van der Waals surface area contributed by atoms with Gasteiger partial charge in [0, 0.05) is 29.9 Å².